The zero-order valence-electron chi connectivity index (χ0n) is 8.79. The molecular formula is C11H11ClN2O2. The first-order valence-corrected chi connectivity index (χ1v) is 5.48. The molecule has 0 atom stereocenters. The Balaban J connectivity index is 2.52. The molecule has 0 amide bonds. The summed E-state index contributed by atoms with van der Waals surface area (Å²) in [7, 11) is 0. The standard InChI is InChI=1S/C11H11ClN2O2/c1-2-16-11(15)8-4-10-9(13-6-14-10)3-7(8)5-12/h3-4,6H,2,5H2,1H3,(H,13,14). The van der Waals surface area contributed by atoms with E-state index in [9.17, 15) is 4.79 Å². The van der Waals surface area contributed by atoms with Gasteiger partial charge in [-0.25, -0.2) is 9.78 Å². The number of rotatable bonds is 3. The Labute approximate surface area is 97.6 Å². The largest absolute Gasteiger partial charge is 0.462 e. The minimum Gasteiger partial charge on any atom is -0.462 e. The molecule has 0 unspecified atom stereocenters. The van der Waals surface area contributed by atoms with Gasteiger partial charge in [-0.05, 0) is 24.6 Å². The van der Waals surface area contributed by atoms with Crippen LogP contribution >= 0.6 is 11.6 Å². The fourth-order valence-corrected chi connectivity index (χ4v) is 1.76. The quantitative estimate of drug-likeness (QED) is 0.660. The van der Waals surface area contributed by atoms with E-state index in [1.165, 1.54) is 0 Å². The number of esters is 1. The van der Waals surface area contributed by atoms with E-state index in [4.69, 9.17) is 16.3 Å². The highest BCUT2D eigenvalue weighted by atomic mass is 35.5. The van der Waals surface area contributed by atoms with Crippen molar-refractivity contribution in [3.63, 3.8) is 0 Å². The predicted octanol–water partition coefficient (Wildman–Crippen LogP) is 2.48. The first-order valence-electron chi connectivity index (χ1n) is 4.95. The van der Waals surface area contributed by atoms with Crippen LogP contribution in [-0.2, 0) is 10.6 Å². The van der Waals surface area contributed by atoms with Crippen molar-refractivity contribution in [1.29, 1.82) is 0 Å². The molecule has 2 aromatic rings. The molecule has 0 radical (unpaired) electrons. The fourth-order valence-electron chi connectivity index (χ4n) is 1.54. The molecule has 5 heteroatoms. The lowest BCUT2D eigenvalue weighted by Gasteiger charge is -2.06. The van der Waals surface area contributed by atoms with Gasteiger partial charge in [0.1, 0.15) is 0 Å². The van der Waals surface area contributed by atoms with Gasteiger partial charge in [0.2, 0.25) is 0 Å². The van der Waals surface area contributed by atoms with E-state index in [1.54, 1.807) is 19.3 Å². The van der Waals surface area contributed by atoms with E-state index in [-0.39, 0.29) is 11.8 Å². The highest BCUT2D eigenvalue weighted by Crippen LogP contribution is 2.19. The second-order valence-electron chi connectivity index (χ2n) is 3.28. The zero-order valence-corrected chi connectivity index (χ0v) is 9.54. The Bertz CT molecular complexity index is 522. The van der Waals surface area contributed by atoms with Crippen LogP contribution in [-0.4, -0.2) is 22.5 Å². The second kappa shape index (κ2) is 4.53. The number of ether oxygens (including phenoxy) is 1. The van der Waals surface area contributed by atoms with Crippen LogP contribution in [0.25, 0.3) is 11.0 Å². The number of hydrogen-bond acceptors (Lipinski definition) is 3. The summed E-state index contributed by atoms with van der Waals surface area (Å²) < 4.78 is 4.96. The number of aromatic nitrogens is 2. The lowest BCUT2D eigenvalue weighted by Crippen LogP contribution is -2.07. The van der Waals surface area contributed by atoms with Crippen molar-refractivity contribution in [1.82, 2.24) is 9.97 Å². The molecule has 0 aliphatic carbocycles. The average molecular weight is 239 g/mol. The molecule has 0 bridgehead atoms. The van der Waals surface area contributed by atoms with Crippen molar-refractivity contribution in [2.24, 2.45) is 0 Å². The van der Waals surface area contributed by atoms with Crippen LogP contribution < -0.4 is 0 Å². The van der Waals surface area contributed by atoms with E-state index in [0.29, 0.717) is 12.2 Å². The number of carbonyl (C=O) groups is 1. The van der Waals surface area contributed by atoms with Gasteiger partial charge in [-0.15, -0.1) is 11.6 Å². The van der Waals surface area contributed by atoms with Gasteiger partial charge >= 0.3 is 5.97 Å². The first-order chi connectivity index (χ1) is 7.76. The second-order valence-corrected chi connectivity index (χ2v) is 3.55. The van der Waals surface area contributed by atoms with Gasteiger partial charge in [0, 0.05) is 5.88 Å². The molecule has 1 heterocycles. The average Bonchev–Trinajstić information content (AvgIpc) is 2.74. The number of imidazole rings is 1. The minimum atomic E-state index is -0.358. The predicted molar refractivity (Wildman–Crippen MR) is 61.6 cm³/mol. The molecule has 0 fully saturated rings. The number of nitrogens with zero attached hydrogens (tertiary/aromatic N) is 1. The monoisotopic (exact) mass is 238 g/mol. The van der Waals surface area contributed by atoms with Gasteiger partial charge < -0.3 is 9.72 Å². The van der Waals surface area contributed by atoms with Crippen molar-refractivity contribution in [3.05, 3.63) is 29.6 Å². The maximum atomic E-state index is 11.7. The van der Waals surface area contributed by atoms with E-state index in [1.807, 2.05) is 6.07 Å². The Hall–Kier alpha value is -1.55. The molecule has 2 rings (SSSR count). The van der Waals surface area contributed by atoms with Crippen molar-refractivity contribution >= 4 is 28.6 Å². The molecule has 0 spiro atoms. The molecule has 1 aromatic carbocycles. The number of carbonyl (C=O) groups excluding carboxylic acids is 1. The van der Waals surface area contributed by atoms with Gasteiger partial charge in [-0.3, -0.25) is 0 Å². The SMILES string of the molecule is CCOC(=O)c1cc2nc[nH]c2cc1CCl. The molecule has 84 valence electrons. The van der Waals surface area contributed by atoms with Crippen molar-refractivity contribution < 1.29 is 9.53 Å². The van der Waals surface area contributed by atoms with Crippen LogP contribution in [0.2, 0.25) is 0 Å². The summed E-state index contributed by atoms with van der Waals surface area (Å²) in [6, 6.07) is 3.52. The number of benzene rings is 1. The van der Waals surface area contributed by atoms with E-state index >= 15 is 0 Å². The summed E-state index contributed by atoms with van der Waals surface area (Å²) in [6.07, 6.45) is 1.58. The smallest absolute Gasteiger partial charge is 0.338 e. The summed E-state index contributed by atoms with van der Waals surface area (Å²) in [4.78, 5) is 18.7. The van der Waals surface area contributed by atoms with Gasteiger partial charge in [0.15, 0.2) is 0 Å². The van der Waals surface area contributed by atoms with Crippen molar-refractivity contribution in [2.45, 2.75) is 12.8 Å². The van der Waals surface area contributed by atoms with Crippen LogP contribution in [0.1, 0.15) is 22.8 Å². The Morgan fingerprint density at radius 3 is 3.06 bits per heavy atom. The van der Waals surface area contributed by atoms with Crippen molar-refractivity contribution in [2.75, 3.05) is 6.61 Å². The van der Waals surface area contributed by atoms with Gasteiger partial charge in [-0.1, -0.05) is 0 Å². The van der Waals surface area contributed by atoms with Crippen molar-refractivity contribution in [3.8, 4) is 0 Å². The topological polar surface area (TPSA) is 55.0 Å². The molecule has 4 nitrogen and oxygen atoms in total. The number of halogens is 1. The highest BCUT2D eigenvalue weighted by molar-refractivity contribution is 6.18. The summed E-state index contributed by atoms with van der Waals surface area (Å²) in [5.74, 6) is -0.0913. The van der Waals surface area contributed by atoms with E-state index in [2.05, 4.69) is 9.97 Å². The number of aromatic amines is 1. The number of fused-ring (bicyclic) bond motifs is 1. The zero-order chi connectivity index (χ0) is 11.5. The lowest BCUT2D eigenvalue weighted by atomic mass is 10.1. The third-order valence-electron chi connectivity index (χ3n) is 2.28. The van der Waals surface area contributed by atoms with Crippen LogP contribution in [0, 0.1) is 0 Å². The summed E-state index contributed by atoms with van der Waals surface area (Å²) >= 11 is 5.80. The summed E-state index contributed by atoms with van der Waals surface area (Å²) in [6.45, 7) is 2.12. The molecule has 0 saturated carbocycles. The van der Waals surface area contributed by atoms with E-state index < -0.39 is 0 Å². The molecular weight excluding hydrogens is 228 g/mol. The lowest BCUT2D eigenvalue weighted by molar-refractivity contribution is 0.0525. The first kappa shape index (κ1) is 11.0. The van der Waals surface area contributed by atoms with Crippen LogP contribution in [0.3, 0.4) is 0 Å². The van der Waals surface area contributed by atoms with Gasteiger partial charge in [0.05, 0.1) is 29.5 Å². The minimum absolute atomic E-state index is 0.267. The molecule has 0 aliphatic rings. The summed E-state index contributed by atoms with van der Waals surface area (Å²) in [5.41, 5.74) is 2.83. The number of alkyl halides is 1. The molecule has 0 aliphatic heterocycles. The number of H-pyrrole nitrogens is 1. The third-order valence-corrected chi connectivity index (χ3v) is 2.57. The Morgan fingerprint density at radius 1 is 1.56 bits per heavy atom. The number of nitrogens with one attached hydrogen (secondary N) is 1. The molecule has 1 N–H and O–H groups in total. The Kier molecular flexibility index (Phi) is 3.10. The van der Waals surface area contributed by atoms with Gasteiger partial charge in [0.25, 0.3) is 0 Å². The maximum Gasteiger partial charge on any atom is 0.338 e. The van der Waals surface area contributed by atoms with Gasteiger partial charge in [-0.2, -0.15) is 0 Å². The van der Waals surface area contributed by atoms with Crippen LogP contribution in [0.5, 0.6) is 0 Å². The highest BCUT2D eigenvalue weighted by Gasteiger charge is 2.14. The van der Waals surface area contributed by atoms with Crippen LogP contribution in [0.4, 0.5) is 0 Å². The number of hydrogen-bond donors (Lipinski definition) is 1. The van der Waals surface area contributed by atoms with Crippen LogP contribution in [0.15, 0.2) is 18.5 Å². The third kappa shape index (κ3) is 1.88. The normalized spacial score (nSPS) is 10.6. The molecule has 0 saturated heterocycles. The molecule has 1 aromatic heterocycles. The molecule has 16 heavy (non-hydrogen) atoms. The van der Waals surface area contributed by atoms with E-state index in [0.717, 1.165) is 16.6 Å². The fraction of sp³-hybridized carbons (Fsp3) is 0.273. The summed E-state index contributed by atoms with van der Waals surface area (Å²) in [5, 5.41) is 0. The maximum absolute atomic E-state index is 11.7. The Morgan fingerprint density at radius 2 is 2.38 bits per heavy atom.